The average Bonchev–Trinajstić information content (AvgIpc) is 3.26. The van der Waals surface area contributed by atoms with Gasteiger partial charge in [0.05, 0.1) is 17.1 Å². The second-order valence-corrected chi connectivity index (χ2v) is 6.60. The monoisotopic (exact) mass is 381 g/mol. The van der Waals surface area contributed by atoms with E-state index in [1.165, 1.54) is 17.4 Å². The first-order valence-corrected chi connectivity index (χ1v) is 8.95. The summed E-state index contributed by atoms with van der Waals surface area (Å²) >= 11 is 1.29. The van der Waals surface area contributed by atoms with Gasteiger partial charge in [-0.2, -0.15) is 5.26 Å². The molecule has 7 nitrogen and oxygen atoms in total. The van der Waals surface area contributed by atoms with E-state index < -0.39 is 10.9 Å². The van der Waals surface area contributed by atoms with Gasteiger partial charge in [-0.25, -0.2) is 4.79 Å². The van der Waals surface area contributed by atoms with Crippen LogP contribution in [0.3, 0.4) is 0 Å². The van der Waals surface area contributed by atoms with Crippen molar-refractivity contribution in [2.75, 3.05) is 6.61 Å². The summed E-state index contributed by atoms with van der Waals surface area (Å²) in [5, 5.41) is 22.2. The molecule has 0 spiro atoms. The number of hydrogen-bond donors (Lipinski definition) is 0. The smallest absolute Gasteiger partial charge is 0.355 e. The maximum atomic E-state index is 12.3. The number of nitriles is 1. The number of ether oxygens (including phenoxy) is 1. The molecule has 1 aromatic carbocycles. The molecule has 0 radical (unpaired) electrons. The number of nitrogens with zero attached hydrogens (tertiary/aromatic N) is 3. The molecule has 27 heavy (non-hydrogen) atoms. The highest BCUT2D eigenvalue weighted by atomic mass is 32.1. The number of nitro groups is 1. The third kappa shape index (κ3) is 3.32. The first-order valence-electron chi connectivity index (χ1n) is 8.07. The lowest BCUT2D eigenvalue weighted by molar-refractivity contribution is -0.383. The Morgan fingerprint density at radius 3 is 2.56 bits per heavy atom. The zero-order valence-electron chi connectivity index (χ0n) is 14.6. The fourth-order valence-electron chi connectivity index (χ4n) is 2.90. The Labute approximate surface area is 159 Å². The Kier molecular flexibility index (Phi) is 5.05. The molecule has 0 aliphatic carbocycles. The number of thiophene rings is 1. The Balaban J connectivity index is 2.08. The van der Waals surface area contributed by atoms with E-state index >= 15 is 0 Å². The maximum Gasteiger partial charge on any atom is 0.355 e. The van der Waals surface area contributed by atoms with E-state index in [9.17, 15) is 20.2 Å². The van der Waals surface area contributed by atoms with Crippen LogP contribution in [0.5, 0.6) is 0 Å². The summed E-state index contributed by atoms with van der Waals surface area (Å²) in [7, 11) is 1.68. The van der Waals surface area contributed by atoms with Gasteiger partial charge in [0.25, 0.3) is 5.69 Å². The average molecular weight is 381 g/mol. The third-order valence-corrected chi connectivity index (χ3v) is 5.00. The van der Waals surface area contributed by atoms with E-state index in [-0.39, 0.29) is 12.3 Å². The summed E-state index contributed by atoms with van der Waals surface area (Å²) in [6, 6.07) is 10.6. The van der Waals surface area contributed by atoms with Crippen molar-refractivity contribution >= 4 is 23.0 Å². The lowest BCUT2D eigenvalue weighted by Gasteiger charge is -2.08. The van der Waals surface area contributed by atoms with Gasteiger partial charge >= 0.3 is 5.97 Å². The molecule has 2 heterocycles. The minimum absolute atomic E-state index is 0.0531. The highest BCUT2D eigenvalue weighted by Crippen LogP contribution is 2.37. The summed E-state index contributed by atoms with van der Waals surface area (Å²) in [6.45, 7) is 1.95. The zero-order chi connectivity index (χ0) is 19.6. The highest BCUT2D eigenvalue weighted by molar-refractivity contribution is 7.14. The van der Waals surface area contributed by atoms with Crippen molar-refractivity contribution in [2.45, 2.75) is 6.92 Å². The van der Waals surface area contributed by atoms with Gasteiger partial charge in [0, 0.05) is 24.9 Å². The zero-order valence-corrected chi connectivity index (χ0v) is 15.4. The van der Waals surface area contributed by atoms with Crippen molar-refractivity contribution < 1.29 is 14.5 Å². The lowest BCUT2D eigenvalue weighted by Crippen LogP contribution is -2.10. The Morgan fingerprint density at radius 2 is 1.96 bits per heavy atom. The molecule has 0 bridgehead atoms. The van der Waals surface area contributed by atoms with Gasteiger partial charge in [-0.05, 0) is 23.4 Å². The van der Waals surface area contributed by atoms with Gasteiger partial charge in [0.15, 0.2) is 0 Å². The molecule has 0 N–H and O–H groups in total. The number of aromatic nitrogens is 1. The van der Waals surface area contributed by atoms with Crippen molar-refractivity contribution in [3.8, 4) is 27.6 Å². The number of aryl methyl sites for hydroxylation is 1. The molecular formula is C19H15N3O4S. The Hall–Kier alpha value is -3.44. The molecule has 0 atom stereocenters. The first-order chi connectivity index (χ1) is 13.0. The molecule has 0 saturated heterocycles. The number of rotatable bonds is 5. The van der Waals surface area contributed by atoms with Gasteiger partial charge in [-0.15, -0.1) is 11.3 Å². The predicted molar refractivity (Wildman–Crippen MR) is 101 cm³/mol. The second-order valence-electron chi connectivity index (χ2n) is 5.68. The number of benzene rings is 1. The van der Waals surface area contributed by atoms with Crippen LogP contribution in [0.25, 0.3) is 21.6 Å². The first kappa shape index (κ1) is 18.4. The fourth-order valence-corrected chi connectivity index (χ4v) is 3.77. The molecule has 0 fully saturated rings. The van der Waals surface area contributed by atoms with E-state index in [1.807, 2.05) is 0 Å². The molecular weight excluding hydrogens is 366 g/mol. The van der Waals surface area contributed by atoms with Gasteiger partial charge in [-0.1, -0.05) is 24.3 Å². The van der Waals surface area contributed by atoms with Crippen molar-refractivity contribution in [1.82, 2.24) is 4.57 Å². The van der Waals surface area contributed by atoms with Gasteiger partial charge < -0.3 is 9.30 Å². The van der Waals surface area contributed by atoms with Crippen LogP contribution >= 0.6 is 11.3 Å². The summed E-state index contributed by atoms with van der Waals surface area (Å²) in [6.07, 6.45) is 1.58. The number of esters is 1. The largest absolute Gasteiger partial charge is 0.461 e. The normalized spacial score (nSPS) is 10.4. The van der Waals surface area contributed by atoms with E-state index in [2.05, 4.69) is 6.07 Å². The maximum absolute atomic E-state index is 12.3. The van der Waals surface area contributed by atoms with Crippen LogP contribution in [0.15, 0.2) is 41.9 Å². The fraction of sp³-hybridized carbons (Fsp3) is 0.158. The van der Waals surface area contributed by atoms with Crippen LogP contribution in [0.4, 0.5) is 5.69 Å². The molecule has 0 unspecified atom stereocenters. The Bertz CT molecular complexity index is 1060. The molecule has 2 aromatic heterocycles. The number of carbonyl (C=O) groups is 1. The summed E-state index contributed by atoms with van der Waals surface area (Å²) in [5.41, 5.74) is 2.56. The topological polar surface area (TPSA) is 98.2 Å². The SMILES string of the molecule is CCOC(=O)c1c(-c2ccc(-c3sccc3[N+](=O)[O-])cc2)c(C#N)cn1C. The standard InChI is InChI=1S/C19H15N3O4S/c1-3-26-19(23)17-16(14(10-20)11-21(17)2)12-4-6-13(7-5-12)18-15(22(24)25)8-9-27-18/h4-9,11H,3H2,1-2H3. The lowest BCUT2D eigenvalue weighted by atomic mass is 10.00. The summed E-state index contributed by atoms with van der Waals surface area (Å²) in [5.74, 6) is -0.505. The van der Waals surface area contributed by atoms with E-state index in [0.29, 0.717) is 32.8 Å². The summed E-state index contributed by atoms with van der Waals surface area (Å²) in [4.78, 5) is 23.6. The van der Waals surface area contributed by atoms with Crippen LogP contribution in [-0.2, 0) is 11.8 Å². The third-order valence-electron chi connectivity index (χ3n) is 4.05. The number of hydrogen-bond acceptors (Lipinski definition) is 6. The van der Waals surface area contributed by atoms with E-state index in [1.54, 1.807) is 54.4 Å². The number of carbonyl (C=O) groups excluding carboxylic acids is 1. The Morgan fingerprint density at radius 1 is 1.30 bits per heavy atom. The van der Waals surface area contributed by atoms with Crippen molar-refractivity contribution in [3.63, 3.8) is 0 Å². The molecule has 0 aliphatic rings. The van der Waals surface area contributed by atoms with E-state index in [4.69, 9.17) is 4.74 Å². The van der Waals surface area contributed by atoms with E-state index in [0.717, 1.165) is 0 Å². The molecule has 136 valence electrons. The molecule has 8 heteroatoms. The van der Waals surface area contributed by atoms with Crippen LogP contribution in [0, 0.1) is 21.4 Å². The minimum Gasteiger partial charge on any atom is -0.461 e. The minimum atomic E-state index is -0.505. The van der Waals surface area contributed by atoms with Crippen LogP contribution in [0.2, 0.25) is 0 Å². The van der Waals surface area contributed by atoms with Gasteiger partial charge in [0.1, 0.15) is 16.6 Å². The van der Waals surface area contributed by atoms with Crippen molar-refractivity contribution in [3.05, 3.63) is 63.3 Å². The van der Waals surface area contributed by atoms with Crippen LogP contribution in [-0.4, -0.2) is 22.1 Å². The molecule has 0 aliphatic heterocycles. The van der Waals surface area contributed by atoms with Crippen LogP contribution in [0.1, 0.15) is 23.0 Å². The quantitative estimate of drug-likeness (QED) is 0.371. The molecule has 3 aromatic rings. The van der Waals surface area contributed by atoms with Crippen molar-refractivity contribution in [1.29, 1.82) is 5.26 Å². The van der Waals surface area contributed by atoms with Gasteiger partial charge in [-0.3, -0.25) is 10.1 Å². The second kappa shape index (κ2) is 7.43. The van der Waals surface area contributed by atoms with Crippen molar-refractivity contribution in [2.24, 2.45) is 7.05 Å². The predicted octanol–water partition coefficient (Wildman–Crippen LogP) is 4.38. The van der Waals surface area contributed by atoms with Crippen LogP contribution < -0.4 is 0 Å². The van der Waals surface area contributed by atoms with Gasteiger partial charge in [0.2, 0.25) is 0 Å². The highest BCUT2D eigenvalue weighted by Gasteiger charge is 2.23. The molecule has 0 saturated carbocycles. The molecule has 3 rings (SSSR count). The summed E-state index contributed by atoms with van der Waals surface area (Å²) < 4.78 is 6.68. The molecule has 0 amide bonds.